The Labute approximate surface area is 154 Å². The van der Waals surface area contributed by atoms with Crippen LogP contribution < -0.4 is 10.1 Å². The quantitative estimate of drug-likeness (QED) is 0.753. The van der Waals surface area contributed by atoms with Crippen molar-refractivity contribution in [1.82, 2.24) is 0 Å². The fourth-order valence-corrected chi connectivity index (χ4v) is 2.68. The monoisotopic (exact) mass is 355 g/mol. The van der Waals surface area contributed by atoms with E-state index in [0.717, 1.165) is 16.9 Å². The van der Waals surface area contributed by atoms with Gasteiger partial charge in [0, 0.05) is 5.69 Å². The van der Waals surface area contributed by atoms with E-state index in [4.69, 9.17) is 4.74 Å². The number of aliphatic carboxylic acids is 1. The summed E-state index contributed by atoms with van der Waals surface area (Å²) in [5, 5.41) is 12.2. The van der Waals surface area contributed by atoms with Gasteiger partial charge < -0.3 is 15.2 Å². The normalized spacial score (nSPS) is 12.9. The number of aryl methyl sites for hydroxylation is 1. The molecule has 2 atom stereocenters. The fourth-order valence-electron chi connectivity index (χ4n) is 2.68. The van der Waals surface area contributed by atoms with Gasteiger partial charge in [-0.2, -0.15) is 0 Å². The lowest BCUT2D eigenvalue weighted by molar-refractivity contribution is -0.145. The number of carboxylic acid groups (broad SMARTS) is 1. The molecule has 0 saturated carbocycles. The molecule has 0 radical (unpaired) electrons. The SMILES string of the molecule is CCOc1ccc(NC(=O)[C@@H](Cc2ccc(C)cc2)[C@@H](C)C(=O)O)cc1. The zero-order valence-electron chi connectivity index (χ0n) is 15.4. The topological polar surface area (TPSA) is 75.6 Å². The van der Waals surface area contributed by atoms with Crippen molar-refractivity contribution in [2.75, 3.05) is 11.9 Å². The molecule has 0 fully saturated rings. The van der Waals surface area contributed by atoms with Crippen LogP contribution >= 0.6 is 0 Å². The third-order valence-corrected chi connectivity index (χ3v) is 4.34. The van der Waals surface area contributed by atoms with E-state index in [1.54, 1.807) is 31.2 Å². The maximum atomic E-state index is 12.7. The van der Waals surface area contributed by atoms with Gasteiger partial charge in [-0.15, -0.1) is 0 Å². The highest BCUT2D eigenvalue weighted by molar-refractivity contribution is 5.95. The molecule has 0 aliphatic heterocycles. The highest BCUT2D eigenvalue weighted by atomic mass is 16.5. The molecule has 0 aliphatic carbocycles. The van der Waals surface area contributed by atoms with Crippen LogP contribution in [0.25, 0.3) is 0 Å². The number of hydrogen-bond acceptors (Lipinski definition) is 3. The molecule has 2 rings (SSSR count). The maximum absolute atomic E-state index is 12.7. The zero-order chi connectivity index (χ0) is 19.1. The van der Waals surface area contributed by atoms with Gasteiger partial charge in [-0.1, -0.05) is 36.8 Å². The van der Waals surface area contributed by atoms with Crippen molar-refractivity contribution < 1.29 is 19.4 Å². The predicted octanol–water partition coefficient (Wildman–Crippen LogP) is 3.91. The van der Waals surface area contributed by atoms with E-state index in [0.29, 0.717) is 18.7 Å². The maximum Gasteiger partial charge on any atom is 0.307 e. The van der Waals surface area contributed by atoms with Gasteiger partial charge in [0.15, 0.2) is 0 Å². The minimum atomic E-state index is -0.982. The van der Waals surface area contributed by atoms with E-state index < -0.39 is 17.8 Å². The van der Waals surface area contributed by atoms with Crippen LogP contribution in [0.2, 0.25) is 0 Å². The number of amides is 1. The average molecular weight is 355 g/mol. The zero-order valence-corrected chi connectivity index (χ0v) is 15.4. The third kappa shape index (κ3) is 5.34. The number of benzene rings is 2. The largest absolute Gasteiger partial charge is 0.494 e. The van der Waals surface area contributed by atoms with E-state index >= 15 is 0 Å². The molecule has 0 heterocycles. The first-order valence-corrected chi connectivity index (χ1v) is 8.72. The third-order valence-electron chi connectivity index (χ3n) is 4.34. The summed E-state index contributed by atoms with van der Waals surface area (Å²) in [4.78, 5) is 24.2. The predicted molar refractivity (Wildman–Crippen MR) is 101 cm³/mol. The summed E-state index contributed by atoms with van der Waals surface area (Å²) in [5.41, 5.74) is 2.68. The first-order chi connectivity index (χ1) is 12.4. The number of carbonyl (C=O) groups is 2. The van der Waals surface area contributed by atoms with Crippen molar-refractivity contribution in [3.8, 4) is 5.75 Å². The fraction of sp³-hybridized carbons (Fsp3) is 0.333. The lowest BCUT2D eigenvalue weighted by Gasteiger charge is -2.21. The molecule has 5 nitrogen and oxygen atoms in total. The second-order valence-corrected chi connectivity index (χ2v) is 6.37. The molecule has 2 aromatic carbocycles. The number of carbonyl (C=O) groups excluding carboxylic acids is 1. The first kappa shape index (κ1) is 19.5. The molecular formula is C21H25NO4. The summed E-state index contributed by atoms with van der Waals surface area (Å²) in [7, 11) is 0. The van der Waals surface area contributed by atoms with Crippen molar-refractivity contribution in [3.05, 3.63) is 59.7 Å². The van der Waals surface area contributed by atoms with Gasteiger partial charge in [0.1, 0.15) is 5.75 Å². The summed E-state index contributed by atoms with van der Waals surface area (Å²) >= 11 is 0. The molecule has 2 aromatic rings. The Morgan fingerprint density at radius 3 is 2.23 bits per heavy atom. The van der Waals surface area contributed by atoms with E-state index in [1.165, 1.54) is 0 Å². The van der Waals surface area contributed by atoms with E-state index in [-0.39, 0.29) is 5.91 Å². The number of nitrogens with one attached hydrogen (secondary N) is 1. The summed E-state index contributed by atoms with van der Waals surface area (Å²) in [5.74, 6) is -2.02. The second kappa shape index (κ2) is 9.04. The molecule has 5 heteroatoms. The van der Waals surface area contributed by atoms with Crippen molar-refractivity contribution in [2.24, 2.45) is 11.8 Å². The van der Waals surface area contributed by atoms with Gasteiger partial charge >= 0.3 is 5.97 Å². The summed E-state index contributed by atoms with van der Waals surface area (Å²) < 4.78 is 5.38. The number of carboxylic acids is 1. The molecule has 0 aromatic heterocycles. The molecular weight excluding hydrogens is 330 g/mol. The summed E-state index contributed by atoms with van der Waals surface area (Å²) in [6.07, 6.45) is 0.372. The van der Waals surface area contributed by atoms with Crippen LogP contribution in [-0.4, -0.2) is 23.6 Å². The molecule has 138 valence electrons. The standard InChI is InChI=1S/C21H25NO4/c1-4-26-18-11-9-17(10-12-18)22-20(23)19(15(3)21(24)25)13-16-7-5-14(2)6-8-16/h5-12,15,19H,4,13H2,1-3H3,(H,22,23)(H,24,25)/t15-,19+/m1/s1. The van der Waals surface area contributed by atoms with Crippen molar-refractivity contribution in [2.45, 2.75) is 27.2 Å². The smallest absolute Gasteiger partial charge is 0.307 e. The molecule has 2 N–H and O–H groups in total. The van der Waals surface area contributed by atoms with E-state index in [1.807, 2.05) is 38.1 Å². The van der Waals surface area contributed by atoms with Crippen LogP contribution in [-0.2, 0) is 16.0 Å². The number of hydrogen-bond donors (Lipinski definition) is 2. The summed E-state index contributed by atoms with van der Waals surface area (Å²) in [6, 6.07) is 14.8. The number of rotatable bonds is 8. The molecule has 0 aliphatic rings. The lowest BCUT2D eigenvalue weighted by atomic mass is 9.87. The lowest BCUT2D eigenvalue weighted by Crippen LogP contribution is -2.33. The molecule has 1 amide bonds. The van der Waals surface area contributed by atoms with Crippen LogP contribution in [0.3, 0.4) is 0 Å². The van der Waals surface area contributed by atoms with Gasteiger partial charge in [-0.05, 0) is 50.1 Å². The van der Waals surface area contributed by atoms with Crippen molar-refractivity contribution in [3.63, 3.8) is 0 Å². The molecule has 0 spiro atoms. The Morgan fingerprint density at radius 2 is 1.69 bits per heavy atom. The minimum Gasteiger partial charge on any atom is -0.494 e. The van der Waals surface area contributed by atoms with E-state index in [2.05, 4.69) is 5.32 Å². The number of ether oxygens (including phenoxy) is 1. The Bertz CT molecular complexity index is 738. The second-order valence-electron chi connectivity index (χ2n) is 6.37. The Hall–Kier alpha value is -2.82. The molecule has 0 bridgehead atoms. The van der Waals surface area contributed by atoms with Crippen molar-refractivity contribution in [1.29, 1.82) is 0 Å². The Kier molecular flexibility index (Phi) is 6.78. The highest BCUT2D eigenvalue weighted by Crippen LogP contribution is 2.22. The van der Waals surface area contributed by atoms with Gasteiger partial charge in [0.2, 0.25) is 5.91 Å². The van der Waals surface area contributed by atoms with Gasteiger partial charge in [0.05, 0.1) is 18.4 Å². The highest BCUT2D eigenvalue weighted by Gasteiger charge is 2.30. The van der Waals surface area contributed by atoms with Crippen molar-refractivity contribution >= 4 is 17.6 Å². The van der Waals surface area contributed by atoms with Gasteiger partial charge in [-0.25, -0.2) is 0 Å². The van der Waals surface area contributed by atoms with E-state index in [9.17, 15) is 14.7 Å². The minimum absolute atomic E-state index is 0.301. The molecule has 0 saturated heterocycles. The van der Waals surface area contributed by atoms with Crippen LogP contribution in [0.5, 0.6) is 5.75 Å². The van der Waals surface area contributed by atoms with Crippen LogP contribution in [0, 0.1) is 18.8 Å². The summed E-state index contributed by atoms with van der Waals surface area (Å²) in [6.45, 7) is 6.03. The Balaban J connectivity index is 2.14. The molecule has 26 heavy (non-hydrogen) atoms. The van der Waals surface area contributed by atoms with Crippen LogP contribution in [0.15, 0.2) is 48.5 Å². The first-order valence-electron chi connectivity index (χ1n) is 8.72. The molecule has 0 unspecified atom stereocenters. The van der Waals surface area contributed by atoms with Gasteiger partial charge in [0.25, 0.3) is 0 Å². The van der Waals surface area contributed by atoms with Crippen LogP contribution in [0.1, 0.15) is 25.0 Å². The Morgan fingerprint density at radius 1 is 1.08 bits per heavy atom. The number of anilines is 1. The van der Waals surface area contributed by atoms with Crippen LogP contribution in [0.4, 0.5) is 5.69 Å². The van der Waals surface area contributed by atoms with Gasteiger partial charge in [-0.3, -0.25) is 9.59 Å². The average Bonchev–Trinajstić information content (AvgIpc) is 2.62.